The molecule has 1 amide bonds. The second-order valence-electron chi connectivity index (χ2n) is 5.49. The fourth-order valence-corrected chi connectivity index (χ4v) is 2.39. The van der Waals surface area contributed by atoms with Crippen LogP contribution in [0.25, 0.3) is 0 Å². The van der Waals surface area contributed by atoms with Crippen LogP contribution in [0, 0.1) is 0 Å². The number of ether oxygens (including phenoxy) is 1. The van der Waals surface area contributed by atoms with Crippen molar-refractivity contribution in [2.45, 2.75) is 63.8 Å². The molecule has 3 aliphatic rings. The SMILES string of the molecule is CC(C)(C)OC(=O)N1C2CCC(O)C1C2. The minimum Gasteiger partial charge on any atom is -0.444 e. The second kappa shape index (κ2) is 3.37. The lowest BCUT2D eigenvalue weighted by atomic mass is 9.78. The molecule has 86 valence electrons. The zero-order valence-electron chi connectivity index (χ0n) is 9.56. The molecule has 2 bridgehead atoms. The Kier molecular flexibility index (Phi) is 2.41. The van der Waals surface area contributed by atoms with E-state index in [0.717, 1.165) is 19.3 Å². The summed E-state index contributed by atoms with van der Waals surface area (Å²) in [6.45, 7) is 5.57. The van der Waals surface area contributed by atoms with E-state index in [-0.39, 0.29) is 18.2 Å². The molecular formula is C11H19NO3. The normalized spacial score (nSPS) is 34.7. The van der Waals surface area contributed by atoms with Crippen LogP contribution in [-0.4, -0.2) is 39.9 Å². The van der Waals surface area contributed by atoms with Crippen LogP contribution in [0.3, 0.4) is 0 Å². The number of nitrogens with zero attached hydrogens (tertiary/aromatic N) is 1. The van der Waals surface area contributed by atoms with Gasteiger partial charge in [-0.25, -0.2) is 4.79 Å². The minimum absolute atomic E-state index is 0.00130. The number of carbonyl (C=O) groups excluding carboxylic acids is 1. The highest BCUT2D eigenvalue weighted by Gasteiger charge is 2.50. The third kappa shape index (κ3) is 1.95. The monoisotopic (exact) mass is 213 g/mol. The van der Waals surface area contributed by atoms with Gasteiger partial charge in [0.2, 0.25) is 0 Å². The van der Waals surface area contributed by atoms with Gasteiger partial charge in [-0.1, -0.05) is 0 Å². The molecule has 4 heteroatoms. The number of aliphatic hydroxyl groups is 1. The zero-order chi connectivity index (χ0) is 11.2. The van der Waals surface area contributed by atoms with Gasteiger partial charge in [-0.05, 0) is 40.0 Å². The average Bonchev–Trinajstić information content (AvgIpc) is 1.98. The van der Waals surface area contributed by atoms with Crippen molar-refractivity contribution in [2.24, 2.45) is 0 Å². The molecule has 1 saturated carbocycles. The quantitative estimate of drug-likeness (QED) is 0.663. The van der Waals surface area contributed by atoms with E-state index in [1.54, 1.807) is 4.90 Å². The number of hydrogen-bond acceptors (Lipinski definition) is 3. The van der Waals surface area contributed by atoms with Gasteiger partial charge in [-0.15, -0.1) is 0 Å². The van der Waals surface area contributed by atoms with E-state index < -0.39 is 5.60 Å². The van der Waals surface area contributed by atoms with Crippen LogP contribution in [0.4, 0.5) is 4.79 Å². The summed E-state index contributed by atoms with van der Waals surface area (Å²) < 4.78 is 5.30. The standard InChI is InChI=1S/C11H19NO3/c1-11(2,3)15-10(14)12-7-4-5-9(13)8(12)6-7/h7-9,13H,4-6H2,1-3H3. The van der Waals surface area contributed by atoms with Crippen molar-refractivity contribution in [1.82, 2.24) is 4.90 Å². The molecule has 4 nitrogen and oxygen atoms in total. The third-order valence-electron chi connectivity index (χ3n) is 3.11. The van der Waals surface area contributed by atoms with Crippen molar-refractivity contribution < 1.29 is 14.6 Å². The summed E-state index contributed by atoms with van der Waals surface area (Å²) in [5.74, 6) is 0. The fraction of sp³-hybridized carbons (Fsp3) is 0.909. The summed E-state index contributed by atoms with van der Waals surface area (Å²) >= 11 is 0. The Hall–Kier alpha value is -0.770. The Morgan fingerprint density at radius 1 is 1.40 bits per heavy atom. The molecule has 3 unspecified atom stereocenters. The molecule has 3 rings (SSSR count). The number of rotatable bonds is 0. The molecule has 1 aliphatic carbocycles. The van der Waals surface area contributed by atoms with Crippen LogP contribution < -0.4 is 0 Å². The van der Waals surface area contributed by atoms with E-state index in [1.165, 1.54) is 0 Å². The first-order chi connectivity index (χ1) is 6.88. The van der Waals surface area contributed by atoms with Crippen LogP contribution >= 0.6 is 0 Å². The van der Waals surface area contributed by atoms with Crippen molar-refractivity contribution in [3.63, 3.8) is 0 Å². The molecule has 0 spiro atoms. The number of aliphatic hydroxyl groups excluding tert-OH is 1. The van der Waals surface area contributed by atoms with Crippen LogP contribution in [-0.2, 0) is 4.74 Å². The number of hydrogen-bond donors (Lipinski definition) is 1. The minimum atomic E-state index is -0.452. The van der Waals surface area contributed by atoms with Crippen LogP contribution in [0.15, 0.2) is 0 Å². The van der Waals surface area contributed by atoms with Crippen molar-refractivity contribution in [3.05, 3.63) is 0 Å². The van der Waals surface area contributed by atoms with Gasteiger partial charge in [0.1, 0.15) is 5.60 Å². The Labute approximate surface area is 90.2 Å². The van der Waals surface area contributed by atoms with Crippen LogP contribution in [0.5, 0.6) is 0 Å². The predicted molar refractivity (Wildman–Crippen MR) is 55.5 cm³/mol. The van der Waals surface area contributed by atoms with Gasteiger partial charge >= 0.3 is 6.09 Å². The van der Waals surface area contributed by atoms with Gasteiger partial charge in [-0.2, -0.15) is 0 Å². The molecule has 2 heterocycles. The van der Waals surface area contributed by atoms with Gasteiger partial charge in [0.05, 0.1) is 12.1 Å². The predicted octanol–water partition coefficient (Wildman–Crippen LogP) is 1.52. The van der Waals surface area contributed by atoms with E-state index in [4.69, 9.17) is 4.74 Å². The highest BCUT2D eigenvalue weighted by molar-refractivity contribution is 5.70. The van der Waals surface area contributed by atoms with Gasteiger partial charge in [0.25, 0.3) is 0 Å². The van der Waals surface area contributed by atoms with Crippen molar-refractivity contribution in [2.75, 3.05) is 0 Å². The maximum atomic E-state index is 11.8. The summed E-state index contributed by atoms with van der Waals surface area (Å²) in [7, 11) is 0. The molecule has 0 aromatic rings. The molecule has 0 aromatic heterocycles. The molecule has 2 saturated heterocycles. The topological polar surface area (TPSA) is 49.8 Å². The largest absolute Gasteiger partial charge is 0.444 e. The maximum Gasteiger partial charge on any atom is 0.410 e. The number of piperidine rings is 1. The molecule has 1 N–H and O–H groups in total. The lowest BCUT2D eigenvalue weighted by molar-refractivity contribution is -0.103. The molecule has 0 radical (unpaired) electrons. The van der Waals surface area contributed by atoms with E-state index >= 15 is 0 Å². The van der Waals surface area contributed by atoms with Crippen molar-refractivity contribution in [3.8, 4) is 0 Å². The molecular weight excluding hydrogens is 194 g/mol. The number of amides is 1. The van der Waals surface area contributed by atoms with E-state index in [2.05, 4.69) is 0 Å². The van der Waals surface area contributed by atoms with Gasteiger partial charge in [0.15, 0.2) is 0 Å². The Bertz CT molecular complexity index is 269. The zero-order valence-corrected chi connectivity index (χ0v) is 9.56. The number of carbonyl (C=O) groups is 1. The summed E-state index contributed by atoms with van der Waals surface area (Å²) in [6, 6.07) is 0.298. The Balaban J connectivity index is 1.98. The van der Waals surface area contributed by atoms with Gasteiger partial charge < -0.3 is 9.84 Å². The number of fused-ring (bicyclic) bond motifs is 2. The maximum absolute atomic E-state index is 11.8. The summed E-state index contributed by atoms with van der Waals surface area (Å²) in [4.78, 5) is 13.5. The highest BCUT2D eigenvalue weighted by atomic mass is 16.6. The van der Waals surface area contributed by atoms with Crippen molar-refractivity contribution in [1.29, 1.82) is 0 Å². The second-order valence-corrected chi connectivity index (χ2v) is 5.49. The smallest absolute Gasteiger partial charge is 0.410 e. The first-order valence-electron chi connectivity index (χ1n) is 5.58. The van der Waals surface area contributed by atoms with Gasteiger partial charge in [-0.3, -0.25) is 4.90 Å². The van der Waals surface area contributed by atoms with Gasteiger partial charge in [0, 0.05) is 6.04 Å². The lowest BCUT2D eigenvalue weighted by Crippen LogP contribution is -2.66. The third-order valence-corrected chi connectivity index (χ3v) is 3.11. The summed E-state index contributed by atoms with van der Waals surface area (Å²) in [6.07, 6.45) is 2.01. The average molecular weight is 213 g/mol. The Morgan fingerprint density at radius 3 is 2.53 bits per heavy atom. The molecule has 3 fully saturated rings. The fourth-order valence-electron chi connectivity index (χ4n) is 2.39. The van der Waals surface area contributed by atoms with E-state index in [9.17, 15) is 9.90 Å². The highest BCUT2D eigenvalue weighted by Crippen LogP contribution is 2.39. The summed E-state index contributed by atoms with van der Waals surface area (Å²) in [5, 5.41) is 9.68. The first-order valence-corrected chi connectivity index (χ1v) is 5.58. The Morgan fingerprint density at radius 2 is 2.07 bits per heavy atom. The lowest BCUT2D eigenvalue weighted by Gasteiger charge is -2.54. The van der Waals surface area contributed by atoms with Crippen molar-refractivity contribution >= 4 is 6.09 Å². The molecule has 0 aromatic carbocycles. The summed E-state index contributed by atoms with van der Waals surface area (Å²) in [5.41, 5.74) is -0.452. The van der Waals surface area contributed by atoms with E-state index in [1.807, 2.05) is 20.8 Å². The molecule has 2 aliphatic heterocycles. The van der Waals surface area contributed by atoms with Crippen LogP contribution in [0.2, 0.25) is 0 Å². The molecule has 15 heavy (non-hydrogen) atoms. The molecule has 3 atom stereocenters. The van der Waals surface area contributed by atoms with E-state index in [0.29, 0.717) is 6.04 Å². The van der Waals surface area contributed by atoms with Crippen LogP contribution in [0.1, 0.15) is 40.0 Å². The first kappa shape index (κ1) is 10.7.